The van der Waals surface area contributed by atoms with Crippen LogP contribution in [0, 0.1) is 0 Å². The SMILES string of the molecule is CO[C@H]1CN(C(=O)Nc2ccc(Cl)cc2)[C@](C)(C(=O)Nc2ccc3c(c2)CCN(C)C3)C1. The van der Waals surface area contributed by atoms with E-state index in [1.807, 2.05) is 12.1 Å². The summed E-state index contributed by atoms with van der Waals surface area (Å²) in [6.45, 7) is 4.03. The second-order valence-electron chi connectivity index (χ2n) is 8.81. The van der Waals surface area contributed by atoms with E-state index in [0.717, 1.165) is 25.2 Å². The number of carbonyl (C=O) groups excluding carboxylic acids is 2. The van der Waals surface area contributed by atoms with Gasteiger partial charge in [-0.2, -0.15) is 0 Å². The van der Waals surface area contributed by atoms with Crippen molar-refractivity contribution in [3.8, 4) is 0 Å². The molecule has 32 heavy (non-hydrogen) atoms. The van der Waals surface area contributed by atoms with Crippen molar-refractivity contribution < 1.29 is 14.3 Å². The lowest BCUT2D eigenvalue weighted by Crippen LogP contribution is -2.54. The van der Waals surface area contributed by atoms with Crippen molar-refractivity contribution in [3.05, 3.63) is 58.6 Å². The fourth-order valence-corrected chi connectivity index (χ4v) is 4.59. The summed E-state index contributed by atoms with van der Waals surface area (Å²) in [5.74, 6) is -0.226. The average Bonchev–Trinajstić information content (AvgIpc) is 3.13. The zero-order chi connectivity index (χ0) is 22.9. The minimum atomic E-state index is -1.05. The van der Waals surface area contributed by atoms with Gasteiger partial charge in [-0.15, -0.1) is 0 Å². The molecule has 2 atom stereocenters. The third kappa shape index (κ3) is 4.60. The van der Waals surface area contributed by atoms with Crippen molar-refractivity contribution >= 4 is 34.9 Å². The van der Waals surface area contributed by atoms with Crippen LogP contribution in [0.25, 0.3) is 0 Å². The van der Waals surface area contributed by atoms with Crippen LogP contribution in [0.5, 0.6) is 0 Å². The number of likely N-dealkylation sites (N-methyl/N-ethyl adjacent to an activating group) is 1. The molecule has 170 valence electrons. The van der Waals surface area contributed by atoms with Crippen LogP contribution in [-0.2, 0) is 22.5 Å². The molecular weight excluding hydrogens is 428 g/mol. The van der Waals surface area contributed by atoms with Crippen molar-refractivity contribution in [1.29, 1.82) is 0 Å². The summed E-state index contributed by atoms with van der Waals surface area (Å²) in [4.78, 5) is 30.3. The molecule has 7 nitrogen and oxygen atoms in total. The summed E-state index contributed by atoms with van der Waals surface area (Å²) in [5.41, 5.74) is 2.85. The van der Waals surface area contributed by atoms with Crippen LogP contribution in [0.3, 0.4) is 0 Å². The summed E-state index contributed by atoms with van der Waals surface area (Å²) in [6, 6.07) is 12.6. The summed E-state index contributed by atoms with van der Waals surface area (Å²) in [6.07, 6.45) is 1.15. The second kappa shape index (κ2) is 9.10. The molecule has 2 aromatic carbocycles. The van der Waals surface area contributed by atoms with Crippen LogP contribution in [0.4, 0.5) is 16.2 Å². The number of nitrogens with one attached hydrogen (secondary N) is 2. The highest BCUT2D eigenvalue weighted by Gasteiger charge is 2.50. The van der Waals surface area contributed by atoms with Crippen LogP contribution in [-0.4, -0.2) is 60.6 Å². The molecule has 0 aromatic heterocycles. The van der Waals surface area contributed by atoms with E-state index in [1.54, 1.807) is 43.2 Å². The van der Waals surface area contributed by atoms with Crippen molar-refractivity contribution in [2.75, 3.05) is 37.9 Å². The number of anilines is 2. The zero-order valence-electron chi connectivity index (χ0n) is 18.7. The maximum Gasteiger partial charge on any atom is 0.322 e. The maximum atomic E-state index is 13.4. The van der Waals surface area contributed by atoms with Gasteiger partial charge in [0.1, 0.15) is 5.54 Å². The summed E-state index contributed by atoms with van der Waals surface area (Å²) >= 11 is 5.93. The van der Waals surface area contributed by atoms with Gasteiger partial charge in [-0.05, 0) is 67.9 Å². The first kappa shape index (κ1) is 22.6. The number of fused-ring (bicyclic) bond motifs is 1. The molecule has 0 radical (unpaired) electrons. The van der Waals surface area contributed by atoms with E-state index in [-0.39, 0.29) is 18.0 Å². The van der Waals surface area contributed by atoms with E-state index in [1.165, 1.54) is 11.1 Å². The largest absolute Gasteiger partial charge is 0.380 e. The first-order valence-corrected chi connectivity index (χ1v) is 11.1. The zero-order valence-corrected chi connectivity index (χ0v) is 19.4. The number of hydrogen-bond donors (Lipinski definition) is 2. The molecule has 2 aromatic rings. The number of urea groups is 1. The first-order chi connectivity index (χ1) is 15.3. The predicted molar refractivity (Wildman–Crippen MR) is 126 cm³/mol. The third-order valence-corrected chi connectivity index (χ3v) is 6.69. The molecule has 2 aliphatic rings. The van der Waals surface area contributed by atoms with E-state index >= 15 is 0 Å². The number of ether oxygens (including phenoxy) is 1. The molecule has 2 aliphatic heterocycles. The topological polar surface area (TPSA) is 73.9 Å². The smallest absolute Gasteiger partial charge is 0.322 e. The lowest BCUT2D eigenvalue weighted by Gasteiger charge is -2.33. The molecule has 2 heterocycles. The number of likely N-dealkylation sites (tertiary alicyclic amines) is 1. The van der Waals surface area contributed by atoms with Crippen molar-refractivity contribution in [3.63, 3.8) is 0 Å². The number of halogens is 1. The molecule has 3 amide bonds. The summed E-state index contributed by atoms with van der Waals surface area (Å²) in [7, 11) is 3.71. The van der Waals surface area contributed by atoms with Gasteiger partial charge >= 0.3 is 6.03 Å². The van der Waals surface area contributed by atoms with Gasteiger partial charge in [0, 0.05) is 49.6 Å². The fourth-order valence-electron chi connectivity index (χ4n) is 4.47. The molecule has 0 saturated carbocycles. The van der Waals surface area contributed by atoms with Gasteiger partial charge in [-0.25, -0.2) is 4.79 Å². The number of hydrogen-bond acceptors (Lipinski definition) is 4. The minimum Gasteiger partial charge on any atom is -0.380 e. The van der Waals surface area contributed by atoms with E-state index in [9.17, 15) is 9.59 Å². The second-order valence-corrected chi connectivity index (χ2v) is 9.25. The van der Waals surface area contributed by atoms with E-state index in [0.29, 0.717) is 23.7 Å². The van der Waals surface area contributed by atoms with Gasteiger partial charge in [-0.1, -0.05) is 17.7 Å². The normalized spacial score (nSPS) is 23.0. The van der Waals surface area contributed by atoms with Gasteiger partial charge in [-0.3, -0.25) is 4.79 Å². The maximum absolute atomic E-state index is 13.4. The lowest BCUT2D eigenvalue weighted by atomic mass is 9.96. The average molecular weight is 457 g/mol. The molecule has 8 heteroatoms. The Balaban J connectivity index is 1.51. The number of benzene rings is 2. The van der Waals surface area contributed by atoms with Crippen molar-refractivity contribution in [2.45, 2.75) is 38.0 Å². The molecule has 1 fully saturated rings. The van der Waals surface area contributed by atoms with Crippen LogP contribution in [0.15, 0.2) is 42.5 Å². The molecule has 0 bridgehead atoms. The summed E-state index contributed by atoms with van der Waals surface area (Å²) in [5, 5.41) is 6.49. The lowest BCUT2D eigenvalue weighted by molar-refractivity contribution is -0.124. The Morgan fingerprint density at radius 1 is 1.09 bits per heavy atom. The van der Waals surface area contributed by atoms with Crippen LogP contribution in [0.2, 0.25) is 5.02 Å². The number of methoxy groups -OCH3 is 1. The Labute approximate surface area is 193 Å². The monoisotopic (exact) mass is 456 g/mol. The van der Waals surface area contributed by atoms with E-state index < -0.39 is 5.54 Å². The van der Waals surface area contributed by atoms with Gasteiger partial charge in [0.05, 0.1) is 6.10 Å². The number of rotatable bonds is 4. The molecular formula is C24H29ClN4O3. The molecule has 0 spiro atoms. The molecule has 0 unspecified atom stereocenters. The number of amides is 3. The minimum absolute atomic E-state index is 0.221. The predicted octanol–water partition coefficient (Wildman–Crippen LogP) is 3.98. The summed E-state index contributed by atoms with van der Waals surface area (Å²) < 4.78 is 5.51. The molecule has 2 N–H and O–H groups in total. The number of nitrogens with zero attached hydrogens (tertiary/aromatic N) is 2. The Bertz CT molecular complexity index is 1010. The van der Waals surface area contributed by atoms with Gasteiger partial charge in [0.15, 0.2) is 0 Å². The van der Waals surface area contributed by atoms with Crippen molar-refractivity contribution in [2.24, 2.45) is 0 Å². The molecule has 1 saturated heterocycles. The highest BCUT2D eigenvalue weighted by molar-refractivity contribution is 6.30. The van der Waals surface area contributed by atoms with E-state index in [2.05, 4.69) is 28.6 Å². The number of carbonyl (C=O) groups is 2. The Kier molecular flexibility index (Phi) is 6.42. The fraction of sp³-hybridized carbons (Fsp3) is 0.417. The quantitative estimate of drug-likeness (QED) is 0.729. The molecule has 0 aliphatic carbocycles. The highest BCUT2D eigenvalue weighted by atomic mass is 35.5. The Morgan fingerprint density at radius 3 is 2.53 bits per heavy atom. The van der Waals surface area contributed by atoms with Gasteiger partial charge in [0.25, 0.3) is 0 Å². The molecule has 4 rings (SSSR count). The van der Waals surface area contributed by atoms with Crippen LogP contribution < -0.4 is 10.6 Å². The third-order valence-electron chi connectivity index (χ3n) is 6.44. The van der Waals surface area contributed by atoms with Crippen molar-refractivity contribution in [1.82, 2.24) is 9.80 Å². The van der Waals surface area contributed by atoms with E-state index in [4.69, 9.17) is 16.3 Å². The van der Waals surface area contributed by atoms with Crippen LogP contribution in [0.1, 0.15) is 24.5 Å². The highest BCUT2D eigenvalue weighted by Crippen LogP contribution is 2.33. The van der Waals surface area contributed by atoms with Gasteiger partial charge in [0.2, 0.25) is 5.91 Å². The van der Waals surface area contributed by atoms with Crippen LogP contribution >= 0.6 is 11.6 Å². The first-order valence-electron chi connectivity index (χ1n) is 10.8. The standard InChI is InChI=1S/C24H29ClN4O3/c1-24(22(30)26-20-7-4-17-14-28(2)11-10-16(17)12-20)13-21(32-3)15-29(24)23(31)27-19-8-5-18(25)6-9-19/h4-9,12,21H,10-11,13-15H2,1-3H3,(H,26,30)(H,27,31)/t21-,24+/m1/s1. The Hall–Kier alpha value is -2.61. The van der Waals surface area contributed by atoms with Gasteiger partial charge < -0.3 is 25.2 Å². The Morgan fingerprint density at radius 2 is 1.81 bits per heavy atom.